The van der Waals surface area contributed by atoms with Gasteiger partial charge in [-0.05, 0) is 54.2 Å². The summed E-state index contributed by atoms with van der Waals surface area (Å²) in [6, 6.07) is 13.7. The van der Waals surface area contributed by atoms with Crippen molar-refractivity contribution in [1.82, 2.24) is 20.8 Å². The molecule has 1 fully saturated rings. The van der Waals surface area contributed by atoms with E-state index < -0.39 is 0 Å². The Hall–Kier alpha value is -3.41. The number of nitrogens with zero attached hydrogens (tertiary/aromatic N) is 1. The molecule has 4 rings (SSSR count). The van der Waals surface area contributed by atoms with Crippen LogP contribution in [-0.4, -0.2) is 28.1 Å². The Labute approximate surface area is 182 Å². The average molecular weight is 417 g/mol. The van der Waals surface area contributed by atoms with E-state index in [0.29, 0.717) is 17.7 Å². The first-order valence-electron chi connectivity index (χ1n) is 10.9. The Balaban J connectivity index is 1.44. The van der Waals surface area contributed by atoms with Gasteiger partial charge < -0.3 is 10.6 Å². The van der Waals surface area contributed by atoms with Gasteiger partial charge in [0.1, 0.15) is 0 Å². The predicted molar refractivity (Wildman–Crippen MR) is 121 cm³/mol. The van der Waals surface area contributed by atoms with E-state index in [1.165, 1.54) is 12.8 Å². The van der Waals surface area contributed by atoms with Crippen molar-refractivity contribution in [2.24, 2.45) is 0 Å². The van der Waals surface area contributed by atoms with Crippen molar-refractivity contribution >= 4 is 11.8 Å². The molecule has 2 amide bonds. The fourth-order valence-electron chi connectivity index (χ4n) is 4.12. The second-order valence-corrected chi connectivity index (χ2v) is 8.05. The van der Waals surface area contributed by atoms with Gasteiger partial charge in [-0.15, -0.1) is 0 Å². The highest BCUT2D eigenvalue weighted by molar-refractivity contribution is 5.97. The Morgan fingerprint density at radius 1 is 1.06 bits per heavy atom. The van der Waals surface area contributed by atoms with Gasteiger partial charge in [0, 0.05) is 35.5 Å². The van der Waals surface area contributed by atoms with Crippen LogP contribution in [0.4, 0.5) is 0 Å². The number of hydrogen-bond donors (Lipinski definition) is 3. The lowest BCUT2D eigenvalue weighted by molar-refractivity contribution is 0.0935. The molecule has 1 saturated carbocycles. The summed E-state index contributed by atoms with van der Waals surface area (Å²) in [6.45, 7) is 2.40. The first-order valence-corrected chi connectivity index (χ1v) is 10.9. The van der Waals surface area contributed by atoms with Gasteiger partial charge in [0.15, 0.2) is 0 Å². The van der Waals surface area contributed by atoms with E-state index in [1.54, 1.807) is 6.20 Å². The van der Waals surface area contributed by atoms with E-state index >= 15 is 0 Å². The van der Waals surface area contributed by atoms with Crippen LogP contribution in [0.2, 0.25) is 0 Å². The minimum absolute atomic E-state index is 0.0406. The number of hydrogen-bond acceptors (Lipinski definition) is 3. The van der Waals surface area contributed by atoms with Crippen LogP contribution in [0.15, 0.2) is 54.9 Å². The summed E-state index contributed by atoms with van der Waals surface area (Å²) in [5.41, 5.74) is 5.08. The summed E-state index contributed by atoms with van der Waals surface area (Å²) in [4.78, 5) is 25.5. The number of carbonyl (C=O) groups is 2. The maximum absolute atomic E-state index is 13.0. The largest absolute Gasteiger partial charge is 0.349 e. The normalized spacial score (nSPS) is 13.8. The molecule has 3 N–H and O–H groups in total. The van der Waals surface area contributed by atoms with Crippen molar-refractivity contribution in [3.63, 3.8) is 0 Å². The van der Waals surface area contributed by atoms with Crippen molar-refractivity contribution in [1.29, 1.82) is 0 Å². The molecule has 6 heteroatoms. The van der Waals surface area contributed by atoms with Crippen LogP contribution in [0, 0.1) is 0 Å². The molecular formula is C25H28N4O2. The van der Waals surface area contributed by atoms with Crippen LogP contribution < -0.4 is 10.6 Å². The second-order valence-electron chi connectivity index (χ2n) is 8.05. The summed E-state index contributed by atoms with van der Waals surface area (Å²) < 4.78 is 0. The number of amides is 2. The van der Waals surface area contributed by atoms with Gasteiger partial charge in [-0.3, -0.25) is 14.7 Å². The number of nitrogens with one attached hydrogen (secondary N) is 3. The number of carbonyl (C=O) groups excluding carboxylic acids is 2. The molecule has 0 radical (unpaired) electrons. The molecule has 2 aromatic carbocycles. The minimum Gasteiger partial charge on any atom is -0.349 e. The number of benzene rings is 2. The lowest BCUT2D eigenvalue weighted by Crippen LogP contribution is -2.32. The van der Waals surface area contributed by atoms with E-state index in [2.05, 4.69) is 20.8 Å². The number of aromatic amines is 1. The van der Waals surface area contributed by atoms with Gasteiger partial charge in [0.25, 0.3) is 11.8 Å². The van der Waals surface area contributed by atoms with E-state index in [4.69, 9.17) is 0 Å². The Kier molecular flexibility index (Phi) is 6.46. The van der Waals surface area contributed by atoms with Crippen LogP contribution in [0.3, 0.4) is 0 Å². The van der Waals surface area contributed by atoms with Crippen LogP contribution in [0.1, 0.15) is 64.4 Å². The minimum atomic E-state index is -0.122. The van der Waals surface area contributed by atoms with Gasteiger partial charge in [0.2, 0.25) is 0 Å². The maximum Gasteiger partial charge on any atom is 0.251 e. The van der Waals surface area contributed by atoms with E-state index in [0.717, 1.165) is 41.5 Å². The molecule has 0 spiro atoms. The monoisotopic (exact) mass is 416 g/mol. The molecule has 0 aliphatic heterocycles. The highest BCUT2D eigenvalue weighted by Gasteiger charge is 2.18. The molecule has 0 atom stereocenters. The van der Waals surface area contributed by atoms with Crippen molar-refractivity contribution in [3.8, 4) is 11.1 Å². The zero-order valence-corrected chi connectivity index (χ0v) is 17.8. The molecular weight excluding hydrogens is 388 g/mol. The third-order valence-corrected chi connectivity index (χ3v) is 5.90. The van der Waals surface area contributed by atoms with E-state index in [-0.39, 0.29) is 17.9 Å². The quantitative estimate of drug-likeness (QED) is 0.538. The first-order chi connectivity index (χ1) is 15.1. The summed E-state index contributed by atoms with van der Waals surface area (Å²) in [6.07, 6.45) is 8.79. The molecule has 1 aliphatic carbocycles. The van der Waals surface area contributed by atoms with Crippen LogP contribution in [0.5, 0.6) is 0 Å². The van der Waals surface area contributed by atoms with Crippen molar-refractivity contribution in [3.05, 3.63) is 77.1 Å². The molecule has 1 aromatic heterocycles. The third-order valence-electron chi connectivity index (χ3n) is 5.90. The average Bonchev–Trinajstić information content (AvgIpc) is 3.52. The lowest BCUT2D eigenvalue weighted by Gasteiger charge is -2.13. The van der Waals surface area contributed by atoms with Crippen LogP contribution in [-0.2, 0) is 13.0 Å². The smallest absolute Gasteiger partial charge is 0.251 e. The standard InChI is InChI=1S/C25H28N4O2/c1-2-18-10-11-19(21-15-27-28-16-21)13-23(18)25(31)26-14-17-6-5-7-20(12-17)24(30)29-22-8-3-4-9-22/h5-7,10-13,15-16,22H,2-4,8-9,14H2,1H3,(H,26,31)(H,27,28)(H,29,30). The zero-order valence-electron chi connectivity index (χ0n) is 17.8. The van der Waals surface area contributed by atoms with E-state index in [1.807, 2.05) is 55.6 Å². The number of H-pyrrole nitrogens is 1. The molecule has 1 heterocycles. The molecule has 0 bridgehead atoms. The fraction of sp³-hybridized carbons (Fsp3) is 0.320. The SMILES string of the molecule is CCc1ccc(-c2cn[nH]c2)cc1C(=O)NCc1cccc(C(=O)NC2CCCC2)c1. The topological polar surface area (TPSA) is 86.9 Å². The van der Waals surface area contributed by atoms with Crippen molar-refractivity contribution in [2.45, 2.75) is 51.6 Å². The summed E-state index contributed by atoms with van der Waals surface area (Å²) in [7, 11) is 0. The Bertz CT molecular complexity index is 1050. The summed E-state index contributed by atoms with van der Waals surface area (Å²) in [5.74, 6) is -0.163. The van der Waals surface area contributed by atoms with Crippen LogP contribution >= 0.6 is 0 Å². The molecule has 1 aliphatic rings. The van der Waals surface area contributed by atoms with Gasteiger partial charge in [-0.2, -0.15) is 5.10 Å². The highest BCUT2D eigenvalue weighted by atomic mass is 16.2. The highest BCUT2D eigenvalue weighted by Crippen LogP contribution is 2.22. The Morgan fingerprint density at radius 3 is 2.65 bits per heavy atom. The van der Waals surface area contributed by atoms with Crippen molar-refractivity contribution < 1.29 is 9.59 Å². The zero-order chi connectivity index (χ0) is 21.6. The number of rotatable bonds is 7. The van der Waals surface area contributed by atoms with Gasteiger partial charge in [0.05, 0.1) is 6.20 Å². The molecule has 31 heavy (non-hydrogen) atoms. The molecule has 0 saturated heterocycles. The van der Waals surface area contributed by atoms with Gasteiger partial charge in [-0.25, -0.2) is 0 Å². The Morgan fingerprint density at radius 2 is 1.90 bits per heavy atom. The summed E-state index contributed by atoms with van der Waals surface area (Å²) in [5, 5.41) is 12.9. The maximum atomic E-state index is 13.0. The molecule has 3 aromatic rings. The van der Waals surface area contributed by atoms with Crippen LogP contribution in [0.25, 0.3) is 11.1 Å². The lowest BCUT2D eigenvalue weighted by atomic mass is 9.98. The third kappa shape index (κ3) is 5.02. The van der Waals surface area contributed by atoms with Crippen molar-refractivity contribution in [2.75, 3.05) is 0 Å². The molecule has 6 nitrogen and oxygen atoms in total. The van der Waals surface area contributed by atoms with Gasteiger partial charge >= 0.3 is 0 Å². The fourth-order valence-corrected chi connectivity index (χ4v) is 4.12. The predicted octanol–water partition coefficient (Wildman–Crippen LogP) is 4.24. The number of aryl methyl sites for hydroxylation is 1. The second kappa shape index (κ2) is 9.60. The first kappa shape index (κ1) is 20.8. The van der Waals surface area contributed by atoms with Gasteiger partial charge in [-0.1, -0.05) is 44.0 Å². The molecule has 160 valence electrons. The summed E-state index contributed by atoms with van der Waals surface area (Å²) >= 11 is 0. The molecule has 0 unspecified atom stereocenters. The van der Waals surface area contributed by atoms with E-state index in [9.17, 15) is 9.59 Å². The number of aromatic nitrogens is 2.